The Hall–Kier alpha value is -3.40. The van der Waals surface area contributed by atoms with Gasteiger partial charge in [0.1, 0.15) is 23.9 Å². The van der Waals surface area contributed by atoms with Crippen molar-refractivity contribution in [2.24, 2.45) is 0 Å². The van der Waals surface area contributed by atoms with Crippen molar-refractivity contribution in [2.75, 3.05) is 30.5 Å². The second-order valence-corrected chi connectivity index (χ2v) is 8.36. The minimum absolute atomic E-state index is 0.0606. The molecular weight excluding hydrogens is 467 g/mol. The highest BCUT2D eigenvalue weighted by molar-refractivity contribution is 7.99. The van der Waals surface area contributed by atoms with Gasteiger partial charge in [0.05, 0.1) is 23.9 Å². The van der Waals surface area contributed by atoms with Gasteiger partial charge >= 0.3 is 6.18 Å². The molecule has 2 aromatic carbocycles. The number of pyridine rings is 1. The van der Waals surface area contributed by atoms with Gasteiger partial charge in [-0.25, -0.2) is 4.98 Å². The number of halogens is 3. The smallest absolute Gasteiger partial charge is 0.417 e. The molecule has 1 heterocycles. The summed E-state index contributed by atoms with van der Waals surface area (Å²) in [5, 5.41) is 5.24. The van der Waals surface area contributed by atoms with Crippen LogP contribution in [0.3, 0.4) is 0 Å². The molecule has 0 aliphatic heterocycles. The molecule has 1 aromatic heterocycles. The van der Waals surface area contributed by atoms with E-state index < -0.39 is 17.6 Å². The van der Waals surface area contributed by atoms with Gasteiger partial charge < -0.3 is 20.1 Å². The number of thioether (sulfide) groups is 1. The number of hydrogen-bond acceptors (Lipinski definition) is 6. The van der Waals surface area contributed by atoms with Crippen molar-refractivity contribution in [1.29, 1.82) is 0 Å². The van der Waals surface area contributed by atoms with Crippen LogP contribution in [0.15, 0.2) is 59.6 Å². The molecule has 0 spiro atoms. The molecule has 0 saturated heterocycles. The van der Waals surface area contributed by atoms with Crippen molar-refractivity contribution in [3.63, 3.8) is 0 Å². The van der Waals surface area contributed by atoms with Crippen LogP contribution >= 0.6 is 11.8 Å². The number of nitrogens with zero attached hydrogens (tertiary/aromatic N) is 1. The van der Waals surface area contributed by atoms with Crippen molar-refractivity contribution < 1.29 is 27.4 Å². The van der Waals surface area contributed by atoms with Crippen LogP contribution in [0.5, 0.6) is 11.5 Å². The minimum atomic E-state index is -4.58. The van der Waals surface area contributed by atoms with Gasteiger partial charge in [0, 0.05) is 18.1 Å². The Kier molecular flexibility index (Phi) is 8.27. The van der Waals surface area contributed by atoms with Gasteiger partial charge in [0.2, 0.25) is 0 Å². The number of carbonyl (C=O) groups excluding carboxylic acids is 1. The number of carbonyl (C=O) groups is 1. The van der Waals surface area contributed by atoms with Crippen molar-refractivity contribution in [2.45, 2.75) is 24.6 Å². The summed E-state index contributed by atoms with van der Waals surface area (Å²) in [7, 11) is 3.11. The molecule has 0 saturated carbocycles. The van der Waals surface area contributed by atoms with E-state index in [9.17, 15) is 18.0 Å². The van der Waals surface area contributed by atoms with Gasteiger partial charge in [-0.2, -0.15) is 13.2 Å². The van der Waals surface area contributed by atoms with E-state index in [1.165, 1.54) is 18.8 Å². The van der Waals surface area contributed by atoms with Crippen molar-refractivity contribution >= 4 is 29.2 Å². The van der Waals surface area contributed by atoms with Crippen LogP contribution in [-0.4, -0.2) is 30.8 Å². The number of ether oxygens (including phenoxy) is 2. The summed E-state index contributed by atoms with van der Waals surface area (Å²) < 4.78 is 50.3. The number of anilines is 2. The summed E-state index contributed by atoms with van der Waals surface area (Å²) in [6.07, 6.45) is -3.86. The van der Waals surface area contributed by atoms with E-state index in [1.807, 2.05) is 31.2 Å². The number of methoxy groups -OCH3 is 1. The molecule has 0 fully saturated rings. The molecule has 0 aliphatic rings. The van der Waals surface area contributed by atoms with Gasteiger partial charge in [-0.15, -0.1) is 11.8 Å². The van der Waals surface area contributed by atoms with Gasteiger partial charge in [-0.3, -0.25) is 4.79 Å². The van der Waals surface area contributed by atoms with E-state index >= 15 is 0 Å². The first-order valence-electron chi connectivity index (χ1n) is 10.3. The highest BCUT2D eigenvalue weighted by Crippen LogP contribution is 2.34. The predicted octanol–water partition coefficient (Wildman–Crippen LogP) is 6.09. The molecule has 0 unspecified atom stereocenters. The fraction of sp³-hybridized carbons (Fsp3) is 0.250. The maximum absolute atomic E-state index is 13.1. The molecule has 6 nitrogen and oxygen atoms in total. The first kappa shape index (κ1) is 25.2. The van der Waals surface area contributed by atoms with Crippen LogP contribution in [0.2, 0.25) is 0 Å². The van der Waals surface area contributed by atoms with Crippen molar-refractivity contribution in [3.05, 3.63) is 71.4 Å². The van der Waals surface area contributed by atoms with Crippen LogP contribution in [0.4, 0.5) is 24.7 Å². The van der Waals surface area contributed by atoms with E-state index in [0.717, 1.165) is 23.6 Å². The lowest BCUT2D eigenvalue weighted by Gasteiger charge is -2.15. The van der Waals surface area contributed by atoms with E-state index in [0.29, 0.717) is 28.6 Å². The monoisotopic (exact) mass is 491 g/mol. The SMILES string of the molecule is CCSc1cc(OCc2ccc(OC)cc2)ccc1C(=O)Nc1cc(C(F)(F)F)cnc1NC. The number of rotatable bonds is 9. The zero-order chi connectivity index (χ0) is 24.7. The van der Waals surface area contributed by atoms with Crippen molar-refractivity contribution in [3.8, 4) is 11.5 Å². The van der Waals surface area contributed by atoms with Crippen LogP contribution < -0.4 is 20.1 Å². The molecule has 2 N–H and O–H groups in total. The minimum Gasteiger partial charge on any atom is -0.497 e. The Bertz CT molecular complexity index is 1140. The number of alkyl halides is 3. The summed E-state index contributed by atoms with van der Waals surface area (Å²) in [5.41, 5.74) is 0.258. The van der Waals surface area contributed by atoms with Crippen LogP contribution in [0, 0.1) is 0 Å². The maximum atomic E-state index is 13.1. The first-order valence-corrected chi connectivity index (χ1v) is 11.3. The molecule has 0 aliphatic carbocycles. The third kappa shape index (κ3) is 6.34. The second-order valence-electron chi connectivity index (χ2n) is 7.05. The Morgan fingerprint density at radius 2 is 1.79 bits per heavy atom. The maximum Gasteiger partial charge on any atom is 0.417 e. The summed E-state index contributed by atoms with van der Waals surface area (Å²) >= 11 is 1.43. The largest absolute Gasteiger partial charge is 0.497 e. The molecule has 10 heteroatoms. The quantitative estimate of drug-likeness (QED) is 0.353. The summed E-state index contributed by atoms with van der Waals surface area (Å²) in [6.45, 7) is 2.26. The molecular formula is C24H24F3N3O3S. The molecule has 1 amide bonds. The molecule has 0 radical (unpaired) electrons. The van der Waals surface area contributed by atoms with Gasteiger partial charge in [-0.1, -0.05) is 19.1 Å². The molecule has 180 valence electrons. The highest BCUT2D eigenvalue weighted by Gasteiger charge is 2.32. The van der Waals surface area contributed by atoms with E-state index in [1.54, 1.807) is 25.3 Å². The average molecular weight is 492 g/mol. The molecule has 3 aromatic rings. The lowest BCUT2D eigenvalue weighted by Crippen LogP contribution is -2.16. The highest BCUT2D eigenvalue weighted by atomic mass is 32.2. The topological polar surface area (TPSA) is 72.5 Å². The molecule has 0 bridgehead atoms. The number of amides is 1. The van der Waals surface area contributed by atoms with Crippen molar-refractivity contribution in [1.82, 2.24) is 4.98 Å². The normalized spacial score (nSPS) is 11.1. The fourth-order valence-electron chi connectivity index (χ4n) is 3.05. The Balaban J connectivity index is 1.80. The van der Waals surface area contributed by atoms with Crippen LogP contribution in [0.25, 0.3) is 0 Å². The predicted molar refractivity (Wildman–Crippen MR) is 127 cm³/mol. The number of benzene rings is 2. The van der Waals surface area contributed by atoms with Crippen LogP contribution in [-0.2, 0) is 12.8 Å². The number of aromatic nitrogens is 1. The second kappa shape index (κ2) is 11.1. The zero-order valence-corrected chi connectivity index (χ0v) is 19.6. The van der Waals surface area contributed by atoms with Gasteiger partial charge in [0.15, 0.2) is 0 Å². The Morgan fingerprint density at radius 1 is 1.09 bits per heavy atom. The molecule has 3 rings (SSSR count). The summed E-state index contributed by atoms with van der Waals surface area (Å²) in [4.78, 5) is 17.4. The zero-order valence-electron chi connectivity index (χ0n) is 18.8. The van der Waals surface area contributed by atoms with Gasteiger partial charge in [-0.05, 0) is 47.7 Å². The van der Waals surface area contributed by atoms with Gasteiger partial charge in [0.25, 0.3) is 5.91 Å². The Morgan fingerprint density at radius 3 is 2.41 bits per heavy atom. The summed E-state index contributed by atoms with van der Waals surface area (Å²) in [5.74, 6) is 1.59. The van der Waals surface area contributed by atoms with E-state index in [-0.39, 0.29) is 11.5 Å². The fourth-order valence-corrected chi connectivity index (χ4v) is 3.87. The third-order valence-corrected chi connectivity index (χ3v) is 5.70. The summed E-state index contributed by atoms with van der Waals surface area (Å²) in [6, 6.07) is 13.3. The standard InChI is InChI=1S/C24H24F3N3O3S/c1-4-34-21-12-18(33-14-15-5-7-17(32-3)8-6-15)9-10-19(21)23(31)30-20-11-16(24(25,26)27)13-29-22(20)28-2/h5-13H,4,14H2,1-3H3,(H,28,29)(H,30,31). The van der Waals surface area contributed by atoms with E-state index in [4.69, 9.17) is 9.47 Å². The van der Waals surface area contributed by atoms with Crippen LogP contribution in [0.1, 0.15) is 28.4 Å². The lowest BCUT2D eigenvalue weighted by molar-refractivity contribution is -0.137. The molecule has 34 heavy (non-hydrogen) atoms. The third-order valence-electron chi connectivity index (χ3n) is 4.76. The molecule has 0 atom stereocenters. The van der Waals surface area contributed by atoms with E-state index in [2.05, 4.69) is 15.6 Å². The first-order chi connectivity index (χ1) is 16.2. The lowest BCUT2D eigenvalue weighted by atomic mass is 10.2. The Labute approximate surface area is 199 Å². The average Bonchev–Trinajstić information content (AvgIpc) is 2.82. The number of hydrogen-bond donors (Lipinski definition) is 2. The number of nitrogens with one attached hydrogen (secondary N) is 2.